The van der Waals surface area contributed by atoms with Crippen LogP contribution in [0.5, 0.6) is 5.88 Å². The largest absolute Gasteiger partial charge is 0.479 e. The van der Waals surface area contributed by atoms with Gasteiger partial charge in [0.15, 0.2) is 5.82 Å². The molecular weight excluding hydrogens is 156 g/mol. The van der Waals surface area contributed by atoms with Crippen LogP contribution in [0.25, 0.3) is 0 Å². The van der Waals surface area contributed by atoms with Gasteiger partial charge in [-0.3, -0.25) is 0 Å². The topological polar surface area (TPSA) is 64.3 Å². The Morgan fingerprint density at radius 1 is 1.42 bits per heavy atom. The van der Waals surface area contributed by atoms with Crippen molar-refractivity contribution in [2.45, 2.75) is 0 Å². The van der Waals surface area contributed by atoms with Gasteiger partial charge in [0, 0.05) is 14.1 Å². The van der Waals surface area contributed by atoms with E-state index in [1.807, 2.05) is 14.1 Å². The van der Waals surface area contributed by atoms with Gasteiger partial charge >= 0.3 is 0 Å². The number of hydrogen-bond donors (Lipinski definition) is 1. The van der Waals surface area contributed by atoms with Gasteiger partial charge in [0.1, 0.15) is 12.0 Å². The van der Waals surface area contributed by atoms with E-state index in [-0.39, 0.29) is 0 Å². The summed E-state index contributed by atoms with van der Waals surface area (Å²) >= 11 is 0. The Morgan fingerprint density at radius 3 is 2.58 bits per heavy atom. The third-order valence-electron chi connectivity index (χ3n) is 1.44. The molecule has 5 nitrogen and oxygen atoms in total. The lowest BCUT2D eigenvalue weighted by molar-refractivity contribution is 0.399. The number of ether oxygens (including phenoxy) is 1. The lowest BCUT2D eigenvalue weighted by atomic mass is 10.4. The molecule has 1 rings (SSSR count). The molecule has 1 heterocycles. The average molecular weight is 168 g/mol. The van der Waals surface area contributed by atoms with Crippen LogP contribution in [-0.4, -0.2) is 31.2 Å². The first kappa shape index (κ1) is 8.58. The van der Waals surface area contributed by atoms with E-state index in [1.54, 1.807) is 4.90 Å². The van der Waals surface area contributed by atoms with Crippen molar-refractivity contribution in [2.75, 3.05) is 31.8 Å². The fourth-order valence-electron chi connectivity index (χ4n) is 0.890. The van der Waals surface area contributed by atoms with Gasteiger partial charge in [-0.25, -0.2) is 4.98 Å². The van der Waals surface area contributed by atoms with Crippen LogP contribution in [0, 0.1) is 0 Å². The summed E-state index contributed by atoms with van der Waals surface area (Å²) < 4.78 is 4.93. The Hall–Kier alpha value is -1.52. The molecule has 0 saturated carbocycles. The van der Waals surface area contributed by atoms with Crippen molar-refractivity contribution in [2.24, 2.45) is 0 Å². The normalized spacial score (nSPS) is 9.58. The fraction of sp³-hybridized carbons (Fsp3) is 0.429. The Balaban J connectivity index is 3.14. The smallest absolute Gasteiger partial charge is 0.242 e. The highest BCUT2D eigenvalue weighted by molar-refractivity contribution is 5.66. The highest BCUT2D eigenvalue weighted by Crippen LogP contribution is 2.25. The summed E-state index contributed by atoms with van der Waals surface area (Å²) in [5.41, 5.74) is 6.17. The minimum absolute atomic E-state index is 0.411. The maximum absolute atomic E-state index is 5.70. The van der Waals surface area contributed by atoms with Crippen LogP contribution >= 0.6 is 0 Å². The Kier molecular flexibility index (Phi) is 2.32. The quantitative estimate of drug-likeness (QED) is 0.680. The summed E-state index contributed by atoms with van der Waals surface area (Å²) in [7, 11) is 5.24. The summed E-state index contributed by atoms with van der Waals surface area (Å²) in [5.74, 6) is 1.08. The van der Waals surface area contributed by atoms with Crippen molar-refractivity contribution >= 4 is 11.5 Å². The molecule has 1 aromatic rings. The zero-order valence-corrected chi connectivity index (χ0v) is 7.40. The van der Waals surface area contributed by atoms with Gasteiger partial charge in [-0.2, -0.15) is 4.98 Å². The van der Waals surface area contributed by atoms with E-state index in [9.17, 15) is 0 Å². The van der Waals surface area contributed by atoms with Crippen molar-refractivity contribution in [3.05, 3.63) is 6.33 Å². The molecule has 0 unspecified atom stereocenters. The molecule has 0 bridgehead atoms. The predicted octanol–water partition coefficient (Wildman–Crippen LogP) is 0.133. The predicted molar refractivity (Wildman–Crippen MR) is 47.3 cm³/mol. The number of methoxy groups -OCH3 is 1. The summed E-state index contributed by atoms with van der Waals surface area (Å²) in [5, 5.41) is 0. The van der Waals surface area contributed by atoms with Crippen LogP contribution < -0.4 is 15.4 Å². The second-order valence-electron chi connectivity index (χ2n) is 2.51. The van der Waals surface area contributed by atoms with E-state index in [1.165, 1.54) is 13.4 Å². The zero-order valence-electron chi connectivity index (χ0n) is 7.40. The van der Waals surface area contributed by atoms with Gasteiger partial charge in [-0.05, 0) is 0 Å². The number of rotatable bonds is 2. The van der Waals surface area contributed by atoms with Crippen molar-refractivity contribution < 1.29 is 4.74 Å². The average Bonchev–Trinajstić information content (AvgIpc) is 2.04. The van der Waals surface area contributed by atoms with Crippen molar-refractivity contribution in [1.29, 1.82) is 0 Å². The number of anilines is 2. The van der Waals surface area contributed by atoms with Crippen LogP contribution in [0.1, 0.15) is 0 Å². The third-order valence-corrected chi connectivity index (χ3v) is 1.44. The van der Waals surface area contributed by atoms with Gasteiger partial charge in [0.05, 0.1) is 7.11 Å². The second-order valence-corrected chi connectivity index (χ2v) is 2.51. The molecule has 0 radical (unpaired) electrons. The molecule has 2 N–H and O–H groups in total. The van der Waals surface area contributed by atoms with E-state index >= 15 is 0 Å². The number of nitrogen functional groups attached to an aromatic ring is 1. The maximum atomic E-state index is 5.70. The lowest BCUT2D eigenvalue weighted by Gasteiger charge is -2.14. The van der Waals surface area contributed by atoms with Gasteiger partial charge in [-0.1, -0.05) is 0 Å². The van der Waals surface area contributed by atoms with Gasteiger partial charge in [0.2, 0.25) is 5.88 Å². The number of aromatic nitrogens is 2. The summed E-state index contributed by atoms with van der Waals surface area (Å²) in [6.07, 6.45) is 1.42. The Morgan fingerprint density at radius 2 is 2.08 bits per heavy atom. The number of nitrogens with zero attached hydrogens (tertiary/aromatic N) is 3. The molecule has 0 spiro atoms. The molecule has 5 heteroatoms. The monoisotopic (exact) mass is 168 g/mol. The molecular formula is C7H12N4O. The Labute approximate surface area is 71.2 Å². The molecule has 1 aromatic heterocycles. The molecule has 0 amide bonds. The molecule has 0 fully saturated rings. The molecule has 0 saturated heterocycles. The first-order valence-electron chi connectivity index (χ1n) is 3.48. The number of hydrogen-bond acceptors (Lipinski definition) is 5. The van der Waals surface area contributed by atoms with Gasteiger partial charge in [0.25, 0.3) is 0 Å². The van der Waals surface area contributed by atoms with Crippen molar-refractivity contribution in [3.63, 3.8) is 0 Å². The standard InChI is InChI=1S/C7H12N4O/c1-11(2)6-5(8)7(12-3)10-4-9-6/h4H,8H2,1-3H3. The lowest BCUT2D eigenvalue weighted by Crippen LogP contribution is -2.14. The number of nitrogens with two attached hydrogens (primary N) is 1. The zero-order chi connectivity index (χ0) is 9.14. The molecule has 0 aliphatic heterocycles. The van der Waals surface area contributed by atoms with Crippen LogP contribution in [0.4, 0.5) is 11.5 Å². The molecule has 0 aliphatic rings. The van der Waals surface area contributed by atoms with E-state index in [0.717, 1.165) is 0 Å². The summed E-state index contributed by atoms with van der Waals surface area (Å²) in [6, 6.07) is 0. The molecule has 0 aliphatic carbocycles. The van der Waals surface area contributed by atoms with E-state index < -0.39 is 0 Å². The first-order chi connectivity index (χ1) is 5.66. The first-order valence-corrected chi connectivity index (χ1v) is 3.48. The fourth-order valence-corrected chi connectivity index (χ4v) is 0.890. The molecule has 0 atom stereocenters. The minimum atomic E-state index is 0.411. The molecule has 12 heavy (non-hydrogen) atoms. The minimum Gasteiger partial charge on any atom is -0.479 e. The van der Waals surface area contributed by atoms with E-state index in [0.29, 0.717) is 17.4 Å². The van der Waals surface area contributed by atoms with Gasteiger partial charge in [-0.15, -0.1) is 0 Å². The Bertz CT molecular complexity index is 274. The van der Waals surface area contributed by atoms with Gasteiger partial charge < -0.3 is 15.4 Å². The molecule has 0 aromatic carbocycles. The highest BCUT2D eigenvalue weighted by Gasteiger charge is 2.08. The maximum Gasteiger partial charge on any atom is 0.242 e. The summed E-state index contributed by atoms with van der Waals surface area (Å²) in [4.78, 5) is 9.66. The third kappa shape index (κ3) is 1.39. The van der Waals surface area contributed by atoms with Crippen molar-refractivity contribution in [3.8, 4) is 5.88 Å². The van der Waals surface area contributed by atoms with Crippen molar-refractivity contribution in [1.82, 2.24) is 9.97 Å². The van der Waals surface area contributed by atoms with E-state index in [4.69, 9.17) is 10.5 Å². The van der Waals surface area contributed by atoms with Crippen LogP contribution in [0.2, 0.25) is 0 Å². The van der Waals surface area contributed by atoms with Crippen LogP contribution in [-0.2, 0) is 0 Å². The summed E-state index contributed by atoms with van der Waals surface area (Å²) in [6.45, 7) is 0. The molecule has 66 valence electrons. The second kappa shape index (κ2) is 3.25. The van der Waals surface area contributed by atoms with Crippen LogP contribution in [0.15, 0.2) is 6.33 Å². The highest BCUT2D eigenvalue weighted by atomic mass is 16.5. The SMILES string of the molecule is COc1ncnc(N(C)C)c1N. The van der Waals surface area contributed by atoms with Crippen LogP contribution in [0.3, 0.4) is 0 Å². The van der Waals surface area contributed by atoms with E-state index in [2.05, 4.69) is 9.97 Å².